The molecule has 247 valence electrons. The van der Waals surface area contributed by atoms with Gasteiger partial charge in [0.15, 0.2) is 0 Å². The number of fused-ring (bicyclic) bond motifs is 19. The summed E-state index contributed by atoms with van der Waals surface area (Å²) in [5.74, 6) is 0.959. The molecule has 4 aromatic carbocycles. The van der Waals surface area contributed by atoms with E-state index in [1.165, 1.54) is 36.4 Å². The third kappa shape index (κ3) is 5.02. The molecular formula is C32H15CuN8O6S2-5. The first-order valence-corrected chi connectivity index (χ1v) is 17.0. The molecule has 8 bridgehead atoms. The van der Waals surface area contributed by atoms with Gasteiger partial charge in [0.05, 0.1) is 21.5 Å². The minimum absolute atomic E-state index is 0. The number of benzene rings is 4. The van der Waals surface area contributed by atoms with E-state index >= 15 is 0 Å². The van der Waals surface area contributed by atoms with E-state index in [9.17, 15) is 25.9 Å². The van der Waals surface area contributed by atoms with Gasteiger partial charge in [0, 0.05) is 51.2 Å². The first-order valence-electron chi connectivity index (χ1n) is 14.2. The standard InChI is InChI=1S/C32H17N8O6S2.Cu/c41-47(42,43)15-9-11-21-23(13-15)32-38-28-20-8-4-2-6-18(20)26(34-28)36-30-22-12-10-16(48(44,45)46)14-24(22)31(40-30)37-27-19-7-3-1-5-17(19)25(33-27)35-29(21)39-32;/h1-14,27H,(H2-2,33,34,35,36,37,38,40,41,42,43,44,45,46);/q-3;/p-2. The number of nitrogens with zero attached hydrogens (tertiary/aromatic N) is 8. The fourth-order valence-corrected chi connectivity index (χ4v) is 6.96. The van der Waals surface area contributed by atoms with E-state index in [4.69, 9.17) is 25.3 Å². The van der Waals surface area contributed by atoms with Crippen molar-refractivity contribution >= 4 is 70.9 Å². The Balaban J connectivity index is 0.00000348. The van der Waals surface area contributed by atoms with Gasteiger partial charge in [0.25, 0.3) is 0 Å². The molecule has 0 N–H and O–H groups in total. The molecule has 0 amide bonds. The van der Waals surface area contributed by atoms with Crippen LogP contribution in [0.25, 0.3) is 26.9 Å². The van der Waals surface area contributed by atoms with Crippen LogP contribution in [0.3, 0.4) is 0 Å². The Labute approximate surface area is 287 Å². The van der Waals surface area contributed by atoms with Crippen molar-refractivity contribution in [3.05, 3.63) is 123 Å². The Hall–Kier alpha value is -5.29. The number of rotatable bonds is 2. The van der Waals surface area contributed by atoms with Gasteiger partial charge in [0.1, 0.15) is 20.2 Å². The van der Waals surface area contributed by atoms with E-state index in [0.717, 1.165) is 0 Å². The fourth-order valence-electron chi connectivity index (χ4n) is 5.96. The van der Waals surface area contributed by atoms with Gasteiger partial charge in [-0.2, -0.15) is 0 Å². The molecule has 0 saturated heterocycles. The third-order valence-corrected chi connectivity index (χ3v) is 9.83. The van der Waals surface area contributed by atoms with Crippen LogP contribution in [-0.4, -0.2) is 43.4 Å². The topological polar surface area (TPSA) is 218 Å². The predicted molar refractivity (Wildman–Crippen MR) is 171 cm³/mol. The molecule has 14 nitrogen and oxygen atoms in total. The molecule has 1 unspecified atom stereocenters. The van der Waals surface area contributed by atoms with Crippen molar-refractivity contribution in [2.24, 2.45) is 25.0 Å². The summed E-state index contributed by atoms with van der Waals surface area (Å²) in [6.45, 7) is 0. The zero-order valence-corrected chi connectivity index (χ0v) is 26.9. The number of aromatic nitrogens is 2. The summed E-state index contributed by atoms with van der Waals surface area (Å²) in [5.41, 5.74) is 2.80. The van der Waals surface area contributed by atoms with Crippen LogP contribution in [0.15, 0.2) is 120 Å². The molecule has 0 saturated carbocycles. The maximum Gasteiger partial charge on any atom is 0.124 e. The van der Waals surface area contributed by atoms with Crippen molar-refractivity contribution in [2.45, 2.75) is 16.0 Å². The molecule has 0 aliphatic carbocycles. The Morgan fingerprint density at radius 1 is 0.571 bits per heavy atom. The van der Waals surface area contributed by atoms with Gasteiger partial charge in [-0.3, -0.25) is 0 Å². The van der Waals surface area contributed by atoms with Crippen LogP contribution in [0.1, 0.15) is 28.4 Å². The van der Waals surface area contributed by atoms with Crippen LogP contribution >= 0.6 is 0 Å². The second-order valence-corrected chi connectivity index (χ2v) is 13.8. The first-order chi connectivity index (χ1) is 23.0. The van der Waals surface area contributed by atoms with Gasteiger partial charge < -0.3 is 44.4 Å². The summed E-state index contributed by atoms with van der Waals surface area (Å²) in [7, 11) is -9.60. The number of hydrogen-bond acceptors (Lipinski definition) is 11. The first kappa shape index (κ1) is 31.0. The van der Waals surface area contributed by atoms with Crippen molar-refractivity contribution in [3.8, 4) is 0 Å². The predicted octanol–water partition coefficient (Wildman–Crippen LogP) is 2.97. The minimum Gasteiger partial charge on any atom is -0.744 e. The van der Waals surface area contributed by atoms with Crippen LogP contribution < -0.4 is 20.9 Å². The molecule has 6 aromatic rings. The average molecular weight is 735 g/mol. The zero-order chi connectivity index (χ0) is 32.9. The van der Waals surface area contributed by atoms with Crippen LogP contribution in [0, 0.1) is 0 Å². The summed E-state index contributed by atoms with van der Waals surface area (Å²) < 4.78 is 71.8. The molecular weight excluding hydrogens is 720 g/mol. The second kappa shape index (κ2) is 10.9. The van der Waals surface area contributed by atoms with Crippen LogP contribution in [0.2, 0.25) is 0 Å². The van der Waals surface area contributed by atoms with E-state index < -0.39 is 36.2 Å². The molecule has 3 aliphatic heterocycles. The number of hydrogen-bond donors (Lipinski definition) is 0. The molecule has 1 atom stereocenters. The van der Waals surface area contributed by atoms with Crippen molar-refractivity contribution in [1.82, 2.24) is 9.97 Å². The summed E-state index contributed by atoms with van der Waals surface area (Å²) in [5, 5.41) is 6.16. The van der Waals surface area contributed by atoms with Crippen LogP contribution in [0.5, 0.6) is 0 Å². The van der Waals surface area contributed by atoms with E-state index in [-0.39, 0.29) is 68.0 Å². The molecule has 49 heavy (non-hydrogen) atoms. The molecule has 3 aliphatic rings. The van der Waals surface area contributed by atoms with E-state index in [2.05, 4.69) is 15.0 Å². The van der Waals surface area contributed by atoms with Gasteiger partial charge in [0.2, 0.25) is 0 Å². The maximum atomic E-state index is 12.0. The smallest absolute Gasteiger partial charge is 0.124 e. The van der Waals surface area contributed by atoms with Gasteiger partial charge in [-0.25, -0.2) is 21.8 Å². The molecule has 0 spiro atoms. The Morgan fingerprint density at radius 3 is 1.86 bits per heavy atom. The third-order valence-electron chi connectivity index (χ3n) is 8.17. The van der Waals surface area contributed by atoms with Crippen molar-refractivity contribution in [1.29, 1.82) is 0 Å². The van der Waals surface area contributed by atoms with Crippen molar-refractivity contribution in [3.63, 3.8) is 0 Å². The Morgan fingerprint density at radius 2 is 1.16 bits per heavy atom. The summed E-state index contributed by atoms with van der Waals surface area (Å²) in [4.78, 5) is 32.1. The molecule has 17 heteroatoms. The second-order valence-electron chi connectivity index (χ2n) is 11.0. The van der Waals surface area contributed by atoms with Gasteiger partial charge >= 0.3 is 0 Å². The summed E-state index contributed by atoms with van der Waals surface area (Å²) in [6, 6.07) is 22.1. The van der Waals surface area contributed by atoms with Crippen LogP contribution in [0.4, 0.5) is 11.6 Å². The fraction of sp³-hybridized carbons (Fsp3) is 0.0312. The Bertz CT molecular complexity index is 2900. The van der Waals surface area contributed by atoms with E-state index in [1.54, 1.807) is 36.4 Å². The molecule has 5 heterocycles. The minimum atomic E-state index is -4.80. The number of amidine groups is 3. The molecule has 1 radical (unpaired) electrons. The summed E-state index contributed by atoms with van der Waals surface area (Å²) in [6.07, 6.45) is -0.863. The van der Waals surface area contributed by atoms with Crippen molar-refractivity contribution in [2.75, 3.05) is 0 Å². The molecule has 2 aromatic heterocycles. The van der Waals surface area contributed by atoms with Crippen molar-refractivity contribution < 1.29 is 43.0 Å². The monoisotopic (exact) mass is 734 g/mol. The number of aliphatic imine (C=N–C) groups is 3. The Kier molecular flexibility index (Phi) is 6.87. The van der Waals surface area contributed by atoms with Crippen LogP contribution in [-0.2, 0) is 37.3 Å². The maximum absolute atomic E-state index is 12.0. The molecule has 0 fully saturated rings. The normalized spacial score (nSPS) is 16.4. The quantitative estimate of drug-likeness (QED) is 0.190. The molecule has 9 rings (SSSR count). The average Bonchev–Trinajstić information content (AvgIpc) is 3.79. The van der Waals surface area contributed by atoms with Gasteiger partial charge in [-0.1, -0.05) is 66.5 Å². The largest absolute Gasteiger partial charge is 0.744 e. The van der Waals surface area contributed by atoms with E-state index in [0.29, 0.717) is 33.0 Å². The van der Waals surface area contributed by atoms with Gasteiger partial charge in [-0.15, -0.1) is 0 Å². The summed E-state index contributed by atoms with van der Waals surface area (Å²) >= 11 is 0. The zero-order valence-electron chi connectivity index (χ0n) is 24.3. The van der Waals surface area contributed by atoms with Gasteiger partial charge in [-0.05, 0) is 62.8 Å². The van der Waals surface area contributed by atoms with E-state index in [1.807, 2.05) is 12.1 Å². The SMILES string of the molecule is O=S(=O)([O-])c1ccc2c3[n-]c(c2c1)N=C1N=C(N=c2[n-]c(c4cc(S(=O)(=O)[O-])ccc24)=NC2[N-]C(=N3)c3ccccc32)c2ccccc21.[Cu].